The minimum absolute atomic E-state index is 0.767. The van der Waals surface area contributed by atoms with Gasteiger partial charge in [0.15, 0.2) is 0 Å². The highest BCUT2D eigenvalue weighted by Gasteiger charge is 2.26. The van der Waals surface area contributed by atoms with Gasteiger partial charge in [0, 0.05) is 35.0 Å². The molecule has 1 fully saturated rings. The van der Waals surface area contributed by atoms with Crippen molar-refractivity contribution in [3.05, 3.63) is 20.8 Å². The highest BCUT2D eigenvalue weighted by atomic mass is 79.9. The van der Waals surface area contributed by atoms with Crippen LogP contribution in [0.1, 0.15) is 25.1 Å². The van der Waals surface area contributed by atoms with Gasteiger partial charge in [-0.15, -0.1) is 11.3 Å². The van der Waals surface area contributed by atoms with E-state index in [0.717, 1.165) is 12.6 Å². The van der Waals surface area contributed by atoms with Gasteiger partial charge in [-0.2, -0.15) is 0 Å². The third-order valence-corrected chi connectivity index (χ3v) is 5.55. The zero-order valence-corrected chi connectivity index (χ0v) is 13.1. The molecule has 1 aromatic heterocycles. The molecule has 1 aliphatic heterocycles. The fourth-order valence-corrected chi connectivity index (χ4v) is 4.15. The summed E-state index contributed by atoms with van der Waals surface area (Å²) >= 11 is 5.47. The summed E-state index contributed by atoms with van der Waals surface area (Å²) in [6, 6.07) is 2.92. The van der Waals surface area contributed by atoms with Crippen molar-refractivity contribution >= 4 is 27.3 Å². The molecule has 0 aliphatic carbocycles. The first-order valence-corrected chi connectivity index (χ1v) is 8.10. The second-order valence-electron chi connectivity index (χ2n) is 4.59. The van der Waals surface area contributed by atoms with Gasteiger partial charge in [0.25, 0.3) is 0 Å². The number of nitrogens with zero attached hydrogens (tertiary/aromatic N) is 2. The van der Waals surface area contributed by atoms with Crippen molar-refractivity contribution in [2.45, 2.75) is 32.9 Å². The molecule has 0 amide bonds. The maximum absolute atomic E-state index is 3.62. The van der Waals surface area contributed by atoms with E-state index in [-0.39, 0.29) is 0 Å². The molecule has 0 N–H and O–H groups in total. The maximum atomic E-state index is 3.62. The summed E-state index contributed by atoms with van der Waals surface area (Å²) in [6.45, 7) is 10.5. The monoisotopic (exact) mass is 316 g/mol. The first kappa shape index (κ1) is 13.5. The number of hydrogen-bond acceptors (Lipinski definition) is 3. The van der Waals surface area contributed by atoms with Crippen LogP contribution >= 0.6 is 27.3 Å². The van der Waals surface area contributed by atoms with Crippen molar-refractivity contribution in [3.63, 3.8) is 0 Å². The molecular weight excluding hydrogens is 296 g/mol. The van der Waals surface area contributed by atoms with Crippen molar-refractivity contribution in [1.82, 2.24) is 9.80 Å². The lowest BCUT2D eigenvalue weighted by Crippen LogP contribution is -2.37. The number of halogens is 1. The largest absolute Gasteiger partial charge is 0.300 e. The fourth-order valence-electron chi connectivity index (χ4n) is 2.63. The number of thiophene rings is 1. The molecule has 1 atom stereocenters. The Morgan fingerprint density at radius 2 is 2.24 bits per heavy atom. The fraction of sp³-hybridized carbons (Fsp3) is 0.692. The minimum Gasteiger partial charge on any atom is -0.300 e. The van der Waals surface area contributed by atoms with Gasteiger partial charge >= 0.3 is 0 Å². The molecule has 4 heteroatoms. The highest BCUT2D eigenvalue weighted by Crippen LogP contribution is 2.26. The molecule has 0 bridgehead atoms. The van der Waals surface area contributed by atoms with Crippen LogP contribution in [-0.2, 0) is 6.54 Å². The second-order valence-corrected chi connectivity index (χ2v) is 6.45. The van der Waals surface area contributed by atoms with Crippen molar-refractivity contribution in [3.8, 4) is 0 Å². The van der Waals surface area contributed by atoms with Gasteiger partial charge in [-0.25, -0.2) is 0 Å². The van der Waals surface area contributed by atoms with Gasteiger partial charge < -0.3 is 0 Å². The topological polar surface area (TPSA) is 6.48 Å². The first-order chi connectivity index (χ1) is 8.24. The maximum Gasteiger partial charge on any atom is 0.0339 e. The Labute approximate surface area is 117 Å². The molecule has 2 nitrogen and oxygen atoms in total. The molecule has 0 spiro atoms. The zero-order valence-electron chi connectivity index (χ0n) is 10.7. The summed E-state index contributed by atoms with van der Waals surface area (Å²) in [5.74, 6) is 0. The average Bonchev–Trinajstić information content (AvgIpc) is 2.92. The Morgan fingerprint density at radius 3 is 2.82 bits per heavy atom. The molecule has 1 unspecified atom stereocenters. The van der Waals surface area contributed by atoms with Crippen LogP contribution in [-0.4, -0.2) is 42.0 Å². The molecule has 1 aromatic rings. The Morgan fingerprint density at radius 1 is 1.47 bits per heavy atom. The third kappa shape index (κ3) is 3.31. The van der Waals surface area contributed by atoms with Crippen LogP contribution in [0.2, 0.25) is 0 Å². The van der Waals surface area contributed by atoms with Gasteiger partial charge in [-0.1, -0.05) is 13.8 Å². The number of likely N-dealkylation sites (tertiary alicyclic amines) is 1. The minimum atomic E-state index is 0.767. The Kier molecular flexibility index (Phi) is 5.03. The van der Waals surface area contributed by atoms with Crippen LogP contribution in [0.15, 0.2) is 15.9 Å². The third-order valence-electron chi connectivity index (χ3n) is 3.63. The predicted octanol–water partition coefficient (Wildman–Crippen LogP) is 3.43. The molecule has 96 valence electrons. The number of hydrogen-bond donors (Lipinski definition) is 0. The Hall–Kier alpha value is 0.100. The van der Waals surface area contributed by atoms with E-state index in [9.17, 15) is 0 Å². The van der Waals surface area contributed by atoms with Crippen LogP contribution in [0.5, 0.6) is 0 Å². The Balaban J connectivity index is 1.88. The molecule has 2 rings (SSSR count). The van der Waals surface area contributed by atoms with Crippen LogP contribution in [0.3, 0.4) is 0 Å². The Bertz CT molecular complexity index is 349. The summed E-state index contributed by atoms with van der Waals surface area (Å²) in [6.07, 6.45) is 1.32. The SMILES string of the molecule is CCN(CC)C1CCN(Cc2sccc2Br)C1. The summed E-state index contributed by atoms with van der Waals surface area (Å²) in [7, 11) is 0. The van der Waals surface area contributed by atoms with E-state index < -0.39 is 0 Å². The second kappa shape index (κ2) is 6.32. The normalized spacial score (nSPS) is 21.5. The lowest BCUT2D eigenvalue weighted by molar-refractivity contribution is 0.209. The molecule has 17 heavy (non-hydrogen) atoms. The van der Waals surface area contributed by atoms with E-state index in [0.29, 0.717) is 0 Å². The number of rotatable bonds is 5. The first-order valence-electron chi connectivity index (χ1n) is 6.42. The average molecular weight is 317 g/mol. The quantitative estimate of drug-likeness (QED) is 0.821. The molecule has 0 radical (unpaired) electrons. The summed E-state index contributed by atoms with van der Waals surface area (Å²) in [5, 5.41) is 2.16. The van der Waals surface area contributed by atoms with Crippen molar-refractivity contribution in [2.24, 2.45) is 0 Å². The van der Waals surface area contributed by atoms with Crippen molar-refractivity contribution < 1.29 is 0 Å². The molecule has 1 aliphatic rings. The van der Waals surface area contributed by atoms with E-state index in [1.54, 1.807) is 0 Å². The molecule has 0 saturated carbocycles. The summed E-state index contributed by atoms with van der Waals surface area (Å²) in [4.78, 5) is 6.63. The van der Waals surface area contributed by atoms with E-state index in [2.05, 4.69) is 51.0 Å². The van der Waals surface area contributed by atoms with E-state index in [1.165, 1.54) is 41.9 Å². The van der Waals surface area contributed by atoms with Gasteiger partial charge in [-0.3, -0.25) is 9.80 Å². The zero-order chi connectivity index (χ0) is 12.3. The standard InChI is InChI=1S/C13H21BrN2S/c1-3-16(4-2)11-5-7-15(9-11)10-13-12(14)6-8-17-13/h6,8,11H,3-5,7,9-10H2,1-2H3. The van der Waals surface area contributed by atoms with Gasteiger partial charge in [0.05, 0.1) is 0 Å². The lowest BCUT2D eigenvalue weighted by Gasteiger charge is -2.26. The molecule has 0 aromatic carbocycles. The molecule has 2 heterocycles. The summed E-state index contributed by atoms with van der Waals surface area (Å²) < 4.78 is 1.27. The van der Waals surface area contributed by atoms with Crippen molar-refractivity contribution in [1.29, 1.82) is 0 Å². The molecule has 1 saturated heterocycles. The van der Waals surface area contributed by atoms with Crippen LogP contribution in [0.4, 0.5) is 0 Å². The number of likely N-dealkylation sites (N-methyl/N-ethyl adjacent to an activating group) is 1. The van der Waals surface area contributed by atoms with Crippen LogP contribution in [0, 0.1) is 0 Å². The van der Waals surface area contributed by atoms with E-state index in [4.69, 9.17) is 0 Å². The van der Waals surface area contributed by atoms with Crippen LogP contribution in [0.25, 0.3) is 0 Å². The van der Waals surface area contributed by atoms with Crippen molar-refractivity contribution in [2.75, 3.05) is 26.2 Å². The van der Waals surface area contributed by atoms with Gasteiger partial charge in [-0.05, 0) is 46.9 Å². The predicted molar refractivity (Wildman–Crippen MR) is 78.6 cm³/mol. The summed E-state index contributed by atoms with van der Waals surface area (Å²) in [5.41, 5.74) is 0. The van der Waals surface area contributed by atoms with Gasteiger partial charge in [0.2, 0.25) is 0 Å². The highest BCUT2D eigenvalue weighted by molar-refractivity contribution is 9.10. The molecular formula is C13H21BrN2S. The van der Waals surface area contributed by atoms with E-state index in [1.807, 2.05) is 11.3 Å². The van der Waals surface area contributed by atoms with Crippen LogP contribution < -0.4 is 0 Å². The van der Waals surface area contributed by atoms with Gasteiger partial charge in [0.1, 0.15) is 0 Å². The lowest BCUT2D eigenvalue weighted by atomic mass is 10.2. The smallest absolute Gasteiger partial charge is 0.0339 e. The van der Waals surface area contributed by atoms with E-state index >= 15 is 0 Å².